The zero-order valence-electron chi connectivity index (χ0n) is 42.9. The van der Waals surface area contributed by atoms with Crippen molar-refractivity contribution in [3.05, 3.63) is 309 Å². The van der Waals surface area contributed by atoms with Crippen LogP contribution in [0.1, 0.15) is 0 Å². The standard InChI is InChI=1S/C74H49F2N3/c75-56-32-42-62(43-33-56)77(58-16-6-2-7-17-58)60-36-24-50(25-37-60)54-30-46-71-69(48-54)70-49-55(51-26-38-61(39-27-51)78(59-18-8-3-9-19-59)63-44-34-57(76)35-45-63)31-47-72(70)79(71)64-40-28-53(29-41-64)74-67-22-12-10-20-65(67)73(52-14-4-1-5-15-52)66-21-11-13-23-68(66)74/h1-49H. The lowest BCUT2D eigenvalue weighted by Crippen LogP contribution is -2.09. The maximum atomic E-state index is 14.2. The van der Waals surface area contributed by atoms with Gasteiger partial charge in [0, 0.05) is 50.6 Å². The lowest BCUT2D eigenvalue weighted by Gasteiger charge is -2.25. The molecule has 5 heteroatoms. The van der Waals surface area contributed by atoms with Crippen molar-refractivity contribution in [2.45, 2.75) is 0 Å². The Morgan fingerprint density at radius 3 is 0.899 bits per heavy atom. The molecule has 0 bridgehead atoms. The normalized spacial score (nSPS) is 11.4. The minimum Gasteiger partial charge on any atom is -0.311 e. The molecule has 374 valence electrons. The Morgan fingerprint density at radius 1 is 0.228 bits per heavy atom. The summed E-state index contributed by atoms with van der Waals surface area (Å²) in [7, 11) is 0. The number of para-hydroxylation sites is 2. The third-order valence-electron chi connectivity index (χ3n) is 15.3. The summed E-state index contributed by atoms with van der Waals surface area (Å²) >= 11 is 0. The van der Waals surface area contributed by atoms with Gasteiger partial charge in [-0.3, -0.25) is 0 Å². The fraction of sp³-hybridized carbons (Fsp3) is 0. The van der Waals surface area contributed by atoms with Crippen LogP contribution in [0.5, 0.6) is 0 Å². The zero-order chi connectivity index (χ0) is 52.8. The van der Waals surface area contributed by atoms with E-state index in [2.05, 4.69) is 227 Å². The summed E-state index contributed by atoms with van der Waals surface area (Å²) in [5, 5.41) is 7.17. The van der Waals surface area contributed by atoms with Gasteiger partial charge >= 0.3 is 0 Å². The molecule has 0 spiro atoms. The SMILES string of the molecule is Fc1ccc(N(c2ccccc2)c2ccc(-c3ccc4c(c3)c3cc(-c5ccc(N(c6ccccc6)c6ccc(F)cc6)cc5)ccc3n4-c3ccc(-c4c5ccccc5c(-c5ccccc5)c5ccccc45)cc3)cc2)cc1. The third kappa shape index (κ3) is 8.64. The van der Waals surface area contributed by atoms with Gasteiger partial charge in [-0.05, 0) is 200 Å². The van der Waals surface area contributed by atoms with Gasteiger partial charge in [-0.25, -0.2) is 8.78 Å². The van der Waals surface area contributed by atoms with Gasteiger partial charge < -0.3 is 14.4 Å². The Morgan fingerprint density at radius 2 is 0.519 bits per heavy atom. The number of benzene rings is 13. The third-order valence-corrected chi connectivity index (χ3v) is 15.3. The first kappa shape index (κ1) is 47.1. The molecular weight excluding hydrogens is 969 g/mol. The highest BCUT2D eigenvalue weighted by molar-refractivity contribution is 6.21. The number of anilines is 6. The molecule has 1 aromatic heterocycles. The second-order valence-corrected chi connectivity index (χ2v) is 19.9. The van der Waals surface area contributed by atoms with Crippen LogP contribution in [0.25, 0.3) is 93.5 Å². The van der Waals surface area contributed by atoms with E-state index in [9.17, 15) is 8.78 Å². The molecule has 0 fully saturated rings. The zero-order valence-corrected chi connectivity index (χ0v) is 42.9. The first-order valence-corrected chi connectivity index (χ1v) is 26.6. The second kappa shape index (κ2) is 20.0. The van der Waals surface area contributed by atoms with E-state index >= 15 is 0 Å². The van der Waals surface area contributed by atoms with Crippen molar-refractivity contribution >= 4 is 77.5 Å². The molecule has 0 saturated carbocycles. The smallest absolute Gasteiger partial charge is 0.123 e. The number of hydrogen-bond acceptors (Lipinski definition) is 2. The van der Waals surface area contributed by atoms with Crippen LogP contribution in [-0.4, -0.2) is 4.57 Å². The summed E-state index contributed by atoms with van der Waals surface area (Å²) in [6.07, 6.45) is 0. The Kier molecular flexibility index (Phi) is 11.9. The number of nitrogens with zero attached hydrogens (tertiary/aromatic N) is 3. The van der Waals surface area contributed by atoms with Crippen LogP contribution in [0.3, 0.4) is 0 Å². The van der Waals surface area contributed by atoms with Crippen LogP contribution in [0, 0.1) is 11.6 Å². The lowest BCUT2D eigenvalue weighted by atomic mass is 9.86. The molecule has 14 aromatic rings. The van der Waals surface area contributed by atoms with E-state index in [1.165, 1.54) is 62.5 Å². The molecule has 1 heterocycles. The fourth-order valence-corrected chi connectivity index (χ4v) is 11.6. The van der Waals surface area contributed by atoms with Gasteiger partial charge in [0.1, 0.15) is 11.6 Å². The van der Waals surface area contributed by atoms with Crippen LogP contribution < -0.4 is 9.80 Å². The highest BCUT2D eigenvalue weighted by Gasteiger charge is 2.20. The summed E-state index contributed by atoms with van der Waals surface area (Å²) in [4.78, 5) is 4.29. The van der Waals surface area contributed by atoms with E-state index in [-0.39, 0.29) is 11.6 Å². The first-order valence-electron chi connectivity index (χ1n) is 26.6. The van der Waals surface area contributed by atoms with Gasteiger partial charge in [0.2, 0.25) is 0 Å². The fourth-order valence-electron chi connectivity index (χ4n) is 11.6. The summed E-state index contributed by atoms with van der Waals surface area (Å²) in [6, 6.07) is 102. The molecule has 13 aromatic carbocycles. The van der Waals surface area contributed by atoms with Crippen molar-refractivity contribution in [1.29, 1.82) is 0 Å². The van der Waals surface area contributed by atoms with E-state index in [1.54, 1.807) is 0 Å². The van der Waals surface area contributed by atoms with E-state index in [1.807, 2.05) is 60.7 Å². The molecule has 0 unspecified atom stereocenters. The van der Waals surface area contributed by atoms with Crippen molar-refractivity contribution in [2.24, 2.45) is 0 Å². The highest BCUT2D eigenvalue weighted by atomic mass is 19.1. The molecule has 0 aliphatic heterocycles. The maximum Gasteiger partial charge on any atom is 0.123 e. The minimum absolute atomic E-state index is 0.271. The van der Waals surface area contributed by atoms with Crippen molar-refractivity contribution in [2.75, 3.05) is 9.80 Å². The van der Waals surface area contributed by atoms with Gasteiger partial charge in [-0.2, -0.15) is 0 Å². The largest absolute Gasteiger partial charge is 0.311 e. The minimum atomic E-state index is -0.271. The molecule has 0 N–H and O–H groups in total. The van der Waals surface area contributed by atoms with E-state index < -0.39 is 0 Å². The Balaban J connectivity index is 0.890. The van der Waals surface area contributed by atoms with Crippen molar-refractivity contribution in [1.82, 2.24) is 4.57 Å². The summed E-state index contributed by atoms with van der Waals surface area (Å²) in [5.41, 5.74) is 18.1. The lowest BCUT2D eigenvalue weighted by molar-refractivity contribution is 0.627. The number of halogens is 2. The average Bonchev–Trinajstić information content (AvgIpc) is 4.12. The second-order valence-electron chi connectivity index (χ2n) is 19.9. The van der Waals surface area contributed by atoms with E-state index in [0.29, 0.717) is 0 Å². The molecule has 79 heavy (non-hydrogen) atoms. The van der Waals surface area contributed by atoms with Gasteiger partial charge in [-0.1, -0.05) is 164 Å². The van der Waals surface area contributed by atoms with Crippen molar-refractivity contribution in [3.63, 3.8) is 0 Å². The highest BCUT2D eigenvalue weighted by Crippen LogP contribution is 2.45. The molecule has 14 rings (SSSR count). The molecule has 0 aliphatic rings. The number of rotatable bonds is 11. The maximum absolute atomic E-state index is 14.2. The van der Waals surface area contributed by atoms with Gasteiger partial charge in [-0.15, -0.1) is 0 Å². The van der Waals surface area contributed by atoms with Crippen LogP contribution in [0.2, 0.25) is 0 Å². The van der Waals surface area contributed by atoms with Gasteiger partial charge in [0.15, 0.2) is 0 Å². The Labute approximate surface area is 457 Å². The quantitative estimate of drug-likeness (QED) is 0.120. The predicted molar refractivity (Wildman–Crippen MR) is 327 cm³/mol. The van der Waals surface area contributed by atoms with E-state index in [0.717, 1.165) is 89.4 Å². The first-order chi connectivity index (χ1) is 39.0. The van der Waals surface area contributed by atoms with Gasteiger partial charge in [0.25, 0.3) is 0 Å². The predicted octanol–water partition coefficient (Wildman–Crippen LogP) is 21.0. The molecule has 0 aliphatic carbocycles. The Hall–Kier alpha value is -10.4. The van der Waals surface area contributed by atoms with Crippen molar-refractivity contribution in [3.8, 4) is 50.2 Å². The molecular formula is C74H49F2N3. The van der Waals surface area contributed by atoms with Crippen LogP contribution in [0.4, 0.5) is 42.9 Å². The van der Waals surface area contributed by atoms with Gasteiger partial charge in [0.05, 0.1) is 11.0 Å². The number of fused-ring (bicyclic) bond motifs is 5. The molecule has 0 amide bonds. The molecule has 0 saturated heterocycles. The summed E-state index contributed by atoms with van der Waals surface area (Å²) in [6.45, 7) is 0. The summed E-state index contributed by atoms with van der Waals surface area (Å²) < 4.78 is 30.7. The van der Waals surface area contributed by atoms with Crippen LogP contribution in [0.15, 0.2) is 297 Å². The van der Waals surface area contributed by atoms with Crippen LogP contribution in [-0.2, 0) is 0 Å². The summed E-state index contributed by atoms with van der Waals surface area (Å²) in [5.74, 6) is -0.542. The number of hydrogen-bond donors (Lipinski definition) is 0. The average molecular weight is 1020 g/mol. The Bertz CT molecular complexity index is 4260. The van der Waals surface area contributed by atoms with Crippen LogP contribution >= 0.6 is 0 Å². The number of aromatic nitrogens is 1. The molecule has 3 nitrogen and oxygen atoms in total. The monoisotopic (exact) mass is 1020 g/mol. The van der Waals surface area contributed by atoms with Crippen molar-refractivity contribution < 1.29 is 8.78 Å². The van der Waals surface area contributed by atoms with E-state index in [4.69, 9.17) is 0 Å². The molecule has 0 atom stereocenters. The molecule has 0 radical (unpaired) electrons. The topological polar surface area (TPSA) is 11.4 Å².